The van der Waals surface area contributed by atoms with Crippen molar-refractivity contribution >= 4 is 46.6 Å². The van der Waals surface area contributed by atoms with Gasteiger partial charge in [-0.1, -0.05) is 47.0 Å². The summed E-state index contributed by atoms with van der Waals surface area (Å²) in [6, 6.07) is 12.4. The highest BCUT2D eigenvalue weighted by Crippen LogP contribution is 2.39. The average Bonchev–Trinajstić information content (AvgIpc) is 3.02. The average molecular weight is 517 g/mol. The highest BCUT2D eigenvalue weighted by molar-refractivity contribution is 6.31. The molecule has 1 saturated heterocycles. The van der Waals surface area contributed by atoms with E-state index in [0.29, 0.717) is 33.0 Å². The first-order chi connectivity index (χ1) is 16.7. The maximum atomic E-state index is 13.7. The molecule has 9 heteroatoms. The number of nitrogens with zero attached hydrogens (tertiary/aromatic N) is 3. The zero-order valence-electron chi connectivity index (χ0n) is 19.9. The van der Waals surface area contributed by atoms with E-state index in [4.69, 9.17) is 23.2 Å². The van der Waals surface area contributed by atoms with Crippen molar-refractivity contribution in [2.24, 2.45) is 0 Å². The second kappa shape index (κ2) is 10.5. The Morgan fingerprint density at radius 1 is 1.14 bits per heavy atom. The van der Waals surface area contributed by atoms with E-state index >= 15 is 0 Å². The van der Waals surface area contributed by atoms with E-state index in [-0.39, 0.29) is 6.03 Å². The smallest absolute Gasteiger partial charge is 0.315 e. The lowest BCUT2D eigenvalue weighted by Crippen LogP contribution is -2.58. The van der Waals surface area contributed by atoms with Crippen LogP contribution in [0.25, 0.3) is 0 Å². The topological polar surface area (TPSA) is 76.1 Å². The summed E-state index contributed by atoms with van der Waals surface area (Å²) in [4.78, 5) is 30.0. The van der Waals surface area contributed by atoms with E-state index < -0.39 is 17.7 Å². The van der Waals surface area contributed by atoms with Crippen LogP contribution in [0.4, 0.5) is 21.0 Å². The number of rotatable bonds is 6. The van der Waals surface area contributed by atoms with Gasteiger partial charge >= 0.3 is 12.1 Å². The SMILES string of the molecule is CC1(C)C(N(O)C(=O)Nc2cccc(Cl)c2)N(c2cccc(Cl)c2)C(=O)N1CCC1=CCCCC1. The minimum Gasteiger partial charge on any atom is -0.315 e. The van der Waals surface area contributed by atoms with Gasteiger partial charge in [0.1, 0.15) is 0 Å². The molecule has 7 nitrogen and oxygen atoms in total. The number of anilines is 2. The predicted octanol–water partition coefficient (Wildman–Crippen LogP) is 7.15. The molecule has 0 aromatic heterocycles. The van der Waals surface area contributed by atoms with E-state index in [1.54, 1.807) is 53.4 Å². The van der Waals surface area contributed by atoms with Crippen LogP contribution >= 0.6 is 23.2 Å². The van der Waals surface area contributed by atoms with Gasteiger partial charge in [0.15, 0.2) is 6.17 Å². The fourth-order valence-electron chi connectivity index (χ4n) is 4.85. The van der Waals surface area contributed by atoms with Crippen molar-refractivity contribution in [1.82, 2.24) is 9.96 Å². The third kappa shape index (κ3) is 5.42. The van der Waals surface area contributed by atoms with Crippen molar-refractivity contribution in [2.45, 2.75) is 57.7 Å². The van der Waals surface area contributed by atoms with Crippen LogP contribution in [0.15, 0.2) is 60.2 Å². The minimum atomic E-state index is -1.01. The number of benzene rings is 2. The molecule has 0 bridgehead atoms. The van der Waals surface area contributed by atoms with Gasteiger partial charge < -0.3 is 10.2 Å². The number of allylic oxidation sites excluding steroid dienone is 1. The van der Waals surface area contributed by atoms with Crippen molar-refractivity contribution in [1.29, 1.82) is 0 Å². The van der Waals surface area contributed by atoms with Gasteiger partial charge in [-0.05, 0) is 82.3 Å². The van der Waals surface area contributed by atoms with Gasteiger partial charge in [-0.3, -0.25) is 10.1 Å². The Morgan fingerprint density at radius 2 is 1.86 bits per heavy atom. The monoisotopic (exact) mass is 516 g/mol. The third-order valence-electron chi connectivity index (χ3n) is 6.65. The minimum absolute atomic E-state index is 0.298. The van der Waals surface area contributed by atoms with Crippen LogP contribution < -0.4 is 10.2 Å². The number of carbonyl (C=O) groups is 2. The Morgan fingerprint density at radius 3 is 2.51 bits per heavy atom. The number of nitrogens with one attached hydrogen (secondary N) is 1. The Kier molecular flexibility index (Phi) is 7.59. The first-order valence-electron chi connectivity index (χ1n) is 11.8. The summed E-state index contributed by atoms with van der Waals surface area (Å²) in [5.41, 5.74) is 1.36. The molecule has 0 saturated carbocycles. The first-order valence-corrected chi connectivity index (χ1v) is 12.5. The predicted molar refractivity (Wildman–Crippen MR) is 139 cm³/mol. The molecule has 1 aliphatic carbocycles. The molecule has 2 aromatic carbocycles. The number of halogens is 2. The summed E-state index contributed by atoms with van der Waals surface area (Å²) in [6.45, 7) is 4.19. The van der Waals surface area contributed by atoms with Gasteiger partial charge in [0.25, 0.3) is 0 Å². The first kappa shape index (κ1) is 25.4. The van der Waals surface area contributed by atoms with E-state index in [0.717, 1.165) is 25.7 Å². The molecule has 1 heterocycles. The summed E-state index contributed by atoms with van der Waals surface area (Å²) in [5, 5.41) is 15.3. The molecule has 4 rings (SSSR count). The Hall–Kier alpha value is -2.74. The van der Waals surface area contributed by atoms with Crippen LogP contribution in [0.1, 0.15) is 46.0 Å². The van der Waals surface area contributed by atoms with Crippen LogP contribution in [0, 0.1) is 0 Å². The van der Waals surface area contributed by atoms with Crippen molar-refractivity contribution in [3.05, 3.63) is 70.2 Å². The normalized spacial score (nSPS) is 19.5. The molecular weight excluding hydrogens is 487 g/mol. The summed E-state index contributed by atoms with van der Waals surface area (Å²) >= 11 is 12.3. The molecule has 2 aliphatic rings. The van der Waals surface area contributed by atoms with Gasteiger partial charge in [-0.2, -0.15) is 5.06 Å². The molecule has 186 valence electrons. The maximum Gasteiger partial charge on any atom is 0.347 e. The van der Waals surface area contributed by atoms with Crippen molar-refractivity contribution in [3.63, 3.8) is 0 Å². The van der Waals surface area contributed by atoms with Crippen LogP contribution in [-0.2, 0) is 0 Å². The molecule has 1 fully saturated rings. The fraction of sp³-hybridized carbons (Fsp3) is 0.385. The van der Waals surface area contributed by atoms with E-state index in [1.165, 1.54) is 16.9 Å². The lowest BCUT2D eigenvalue weighted by molar-refractivity contribution is -0.0947. The number of amides is 4. The molecule has 1 aliphatic heterocycles. The van der Waals surface area contributed by atoms with Gasteiger partial charge in [0.2, 0.25) is 0 Å². The molecule has 1 unspecified atom stereocenters. The summed E-state index contributed by atoms with van der Waals surface area (Å²) < 4.78 is 0. The number of hydrogen-bond acceptors (Lipinski definition) is 3. The van der Waals surface area contributed by atoms with Crippen molar-refractivity contribution in [3.8, 4) is 0 Å². The highest BCUT2D eigenvalue weighted by atomic mass is 35.5. The van der Waals surface area contributed by atoms with Gasteiger partial charge in [-0.15, -0.1) is 0 Å². The second-order valence-corrected chi connectivity index (χ2v) is 10.3. The third-order valence-corrected chi connectivity index (χ3v) is 7.12. The summed E-state index contributed by atoms with van der Waals surface area (Å²) in [5.74, 6) is 0. The molecule has 2 aromatic rings. The van der Waals surface area contributed by atoms with Gasteiger partial charge in [0.05, 0.1) is 5.54 Å². The zero-order chi connectivity index (χ0) is 25.2. The molecular formula is C26H30Cl2N4O3. The maximum absolute atomic E-state index is 13.7. The Bertz CT molecular complexity index is 1140. The van der Waals surface area contributed by atoms with Crippen molar-refractivity contribution in [2.75, 3.05) is 16.8 Å². The van der Waals surface area contributed by atoms with Crippen molar-refractivity contribution < 1.29 is 14.8 Å². The largest absolute Gasteiger partial charge is 0.347 e. The van der Waals surface area contributed by atoms with E-state index in [2.05, 4.69) is 11.4 Å². The zero-order valence-corrected chi connectivity index (χ0v) is 21.4. The molecule has 2 N–H and O–H groups in total. The summed E-state index contributed by atoms with van der Waals surface area (Å²) in [6.07, 6.45) is 6.48. The number of hydrogen-bond donors (Lipinski definition) is 2. The second-order valence-electron chi connectivity index (χ2n) is 9.45. The summed E-state index contributed by atoms with van der Waals surface area (Å²) in [7, 11) is 0. The molecule has 0 spiro atoms. The van der Waals surface area contributed by atoms with Gasteiger partial charge in [0, 0.05) is 28.0 Å². The fourth-order valence-corrected chi connectivity index (χ4v) is 5.23. The molecule has 1 atom stereocenters. The highest BCUT2D eigenvalue weighted by Gasteiger charge is 2.55. The number of carbonyl (C=O) groups excluding carboxylic acids is 2. The number of urea groups is 2. The lowest BCUT2D eigenvalue weighted by atomic mass is 9.95. The standard InChI is InChI=1S/C26H30Cl2N4O3/c1-26(2)23(32(35)24(33)29-21-12-6-10-19(27)16-21)31(22-13-7-11-20(28)17-22)25(34)30(26)15-14-18-8-4-3-5-9-18/h6-8,10-13,16-17,23,35H,3-5,9,14-15H2,1-2H3,(H,29,33). The van der Waals surface area contributed by atoms with Crippen LogP contribution in [-0.4, -0.2) is 45.5 Å². The quantitative estimate of drug-likeness (QED) is 0.243. The van der Waals surface area contributed by atoms with E-state index in [1.807, 2.05) is 13.8 Å². The Balaban J connectivity index is 1.64. The van der Waals surface area contributed by atoms with Gasteiger partial charge in [-0.25, -0.2) is 9.59 Å². The number of hydroxylamine groups is 2. The molecule has 0 radical (unpaired) electrons. The van der Waals surface area contributed by atoms with Crippen LogP contribution in [0.2, 0.25) is 10.0 Å². The molecule has 35 heavy (non-hydrogen) atoms. The lowest BCUT2D eigenvalue weighted by Gasteiger charge is -2.38. The van der Waals surface area contributed by atoms with Crippen LogP contribution in [0.5, 0.6) is 0 Å². The van der Waals surface area contributed by atoms with Crippen LogP contribution in [0.3, 0.4) is 0 Å². The van der Waals surface area contributed by atoms with E-state index in [9.17, 15) is 14.8 Å². The molecule has 4 amide bonds. The Labute approximate surface area is 215 Å².